The van der Waals surface area contributed by atoms with Crippen LogP contribution in [0.1, 0.15) is 0 Å². The molecule has 0 radical (unpaired) electrons. The highest BCUT2D eigenvalue weighted by atomic mass is 35.5. The monoisotopic (exact) mass is 274 g/mol. The van der Waals surface area contributed by atoms with Crippen LogP contribution < -0.4 is 15.8 Å². The largest absolute Gasteiger partial charge is 0.484 e. The molecule has 4 heteroatoms. The number of hydrogen-bond acceptors (Lipinski definition) is 3. The van der Waals surface area contributed by atoms with Gasteiger partial charge < -0.3 is 15.8 Å². The summed E-state index contributed by atoms with van der Waals surface area (Å²) in [5.74, 6) is 0.831. The van der Waals surface area contributed by atoms with Gasteiger partial charge in [-0.1, -0.05) is 41.9 Å². The maximum absolute atomic E-state index is 6.27. The van der Waals surface area contributed by atoms with Gasteiger partial charge >= 0.3 is 0 Å². The predicted octanol–water partition coefficient (Wildman–Crippen LogP) is 3.14. The van der Waals surface area contributed by atoms with Crippen molar-refractivity contribution >= 4 is 17.3 Å². The van der Waals surface area contributed by atoms with Crippen molar-refractivity contribution in [3.05, 3.63) is 47.5 Å². The second kappa shape index (κ2) is 5.11. The van der Waals surface area contributed by atoms with Crippen molar-refractivity contribution in [1.29, 1.82) is 0 Å². The molecule has 0 bridgehead atoms. The fraction of sp³-hybridized carbons (Fsp3) is 0.200. The number of nitrogens with two attached hydrogens (primary N) is 1. The molecule has 0 saturated carbocycles. The van der Waals surface area contributed by atoms with E-state index in [1.54, 1.807) is 0 Å². The van der Waals surface area contributed by atoms with Crippen LogP contribution in [-0.2, 0) is 0 Å². The van der Waals surface area contributed by atoms with Crippen LogP contribution in [0.5, 0.6) is 5.75 Å². The number of anilines is 1. The number of nitrogens with one attached hydrogen (secondary N) is 1. The van der Waals surface area contributed by atoms with E-state index in [0.717, 1.165) is 34.1 Å². The van der Waals surface area contributed by atoms with Gasteiger partial charge in [0.1, 0.15) is 6.10 Å². The first kappa shape index (κ1) is 12.3. The van der Waals surface area contributed by atoms with Gasteiger partial charge in [0.05, 0.1) is 12.2 Å². The highest BCUT2D eigenvalue weighted by molar-refractivity contribution is 6.33. The molecule has 0 aromatic heterocycles. The smallest absolute Gasteiger partial charge is 0.150 e. The second-order valence-corrected chi connectivity index (χ2v) is 4.93. The van der Waals surface area contributed by atoms with Crippen molar-refractivity contribution in [1.82, 2.24) is 0 Å². The average molecular weight is 275 g/mol. The third kappa shape index (κ3) is 2.27. The summed E-state index contributed by atoms with van der Waals surface area (Å²) in [5, 5.41) is 4.06. The van der Waals surface area contributed by atoms with Crippen LogP contribution in [0.3, 0.4) is 0 Å². The lowest BCUT2D eigenvalue weighted by Crippen LogP contribution is -2.37. The fourth-order valence-corrected chi connectivity index (χ4v) is 2.50. The lowest BCUT2D eigenvalue weighted by Gasteiger charge is -2.28. The minimum Gasteiger partial charge on any atom is -0.484 e. The first-order valence-corrected chi connectivity index (χ1v) is 6.66. The molecule has 0 saturated heterocycles. The standard InChI is InChI=1S/C15H15ClN2O/c16-13-6-2-1-4-11(13)12-5-3-7-14-15(12)19-10(8-17)9-18-14/h1-7,10,18H,8-9,17H2/t10-/m0/s1. The third-order valence-electron chi connectivity index (χ3n) is 3.25. The first-order valence-electron chi connectivity index (χ1n) is 6.28. The van der Waals surface area contributed by atoms with Gasteiger partial charge in [-0.3, -0.25) is 0 Å². The zero-order valence-electron chi connectivity index (χ0n) is 10.4. The summed E-state index contributed by atoms with van der Waals surface area (Å²) in [4.78, 5) is 0. The van der Waals surface area contributed by atoms with E-state index >= 15 is 0 Å². The molecule has 1 aliphatic rings. The minimum absolute atomic E-state index is 0.00358. The van der Waals surface area contributed by atoms with Gasteiger partial charge in [0.15, 0.2) is 5.75 Å². The number of benzene rings is 2. The Morgan fingerprint density at radius 1 is 1.16 bits per heavy atom. The predicted molar refractivity (Wildman–Crippen MR) is 78.8 cm³/mol. The normalized spacial score (nSPS) is 17.3. The molecule has 2 aromatic carbocycles. The van der Waals surface area contributed by atoms with Gasteiger partial charge in [-0.2, -0.15) is 0 Å². The van der Waals surface area contributed by atoms with Crippen LogP contribution in [0.2, 0.25) is 5.02 Å². The van der Waals surface area contributed by atoms with Gasteiger partial charge in [-0.05, 0) is 12.1 Å². The minimum atomic E-state index is -0.00358. The van der Waals surface area contributed by atoms with E-state index in [0.29, 0.717) is 6.54 Å². The molecule has 0 spiro atoms. The fourth-order valence-electron chi connectivity index (χ4n) is 2.26. The van der Waals surface area contributed by atoms with Crippen LogP contribution in [0, 0.1) is 0 Å². The molecule has 0 fully saturated rings. The number of ether oxygens (including phenoxy) is 1. The summed E-state index contributed by atoms with van der Waals surface area (Å²) in [7, 11) is 0. The lowest BCUT2D eigenvalue weighted by atomic mass is 10.0. The van der Waals surface area contributed by atoms with E-state index in [2.05, 4.69) is 5.32 Å². The molecule has 1 atom stereocenters. The number of para-hydroxylation sites is 1. The van der Waals surface area contributed by atoms with Crippen molar-refractivity contribution < 1.29 is 4.74 Å². The highest BCUT2D eigenvalue weighted by Crippen LogP contribution is 2.41. The summed E-state index contributed by atoms with van der Waals surface area (Å²) < 4.78 is 5.98. The van der Waals surface area contributed by atoms with Crippen LogP contribution >= 0.6 is 11.6 Å². The maximum Gasteiger partial charge on any atom is 0.150 e. The van der Waals surface area contributed by atoms with E-state index in [1.807, 2.05) is 42.5 Å². The van der Waals surface area contributed by atoms with Crippen molar-refractivity contribution in [3.8, 4) is 16.9 Å². The zero-order valence-corrected chi connectivity index (χ0v) is 11.2. The Labute approximate surface area is 117 Å². The van der Waals surface area contributed by atoms with Crippen molar-refractivity contribution in [2.75, 3.05) is 18.4 Å². The van der Waals surface area contributed by atoms with E-state index in [-0.39, 0.29) is 6.10 Å². The number of hydrogen-bond donors (Lipinski definition) is 2. The summed E-state index contributed by atoms with van der Waals surface area (Å²) in [5.41, 5.74) is 8.64. The molecule has 1 aliphatic heterocycles. The summed E-state index contributed by atoms with van der Waals surface area (Å²) in [6, 6.07) is 13.8. The molecule has 98 valence electrons. The Bertz CT molecular complexity index is 600. The summed E-state index contributed by atoms with van der Waals surface area (Å²) in [6.45, 7) is 1.22. The van der Waals surface area contributed by atoms with E-state index < -0.39 is 0 Å². The van der Waals surface area contributed by atoms with E-state index in [1.165, 1.54) is 0 Å². The molecule has 1 heterocycles. The van der Waals surface area contributed by atoms with Gasteiger partial charge in [-0.15, -0.1) is 0 Å². The molecule has 2 aromatic rings. The van der Waals surface area contributed by atoms with E-state index in [9.17, 15) is 0 Å². The van der Waals surface area contributed by atoms with Crippen LogP contribution in [0.25, 0.3) is 11.1 Å². The van der Waals surface area contributed by atoms with E-state index in [4.69, 9.17) is 22.1 Å². The van der Waals surface area contributed by atoms with Crippen LogP contribution in [0.15, 0.2) is 42.5 Å². The van der Waals surface area contributed by atoms with Gasteiger partial charge in [-0.25, -0.2) is 0 Å². The molecule has 3 nitrogen and oxygen atoms in total. The first-order chi connectivity index (χ1) is 9.29. The highest BCUT2D eigenvalue weighted by Gasteiger charge is 2.21. The third-order valence-corrected chi connectivity index (χ3v) is 3.58. The number of fused-ring (bicyclic) bond motifs is 1. The molecular weight excluding hydrogens is 260 g/mol. The summed E-state index contributed by atoms with van der Waals surface area (Å²) in [6.07, 6.45) is -0.00358. The van der Waals surface area contributed by atoms with Gasteiger partial charge in [0, 0.05) is 22.7 Å². The van der Waals surface area contributed by atoms with Gasteiger partial charge in [0.25, 0.3) is 0 Å². The molecule has 0 unspecified atom stereocenters. The molecule has 0 amide bonds. The van der Waals surface area contributed by atoms with Crippen molar-refractivity contribution in [2.45, 2.75) is 6.10 Å². The molecule has 0 aliphatic carbocycles. The van der Waals surface area contributed by atoms with Gasteiger partial charge in [0.2, 0.25) is 0 Å². The molecule has 3 rings (SSSR count). The van der Waals surface area contributed by atoms with Crippen molar-refractivity contribution in [2.24, 2.45) is 5.73 Å². The molecular formula is C15H15ClN2O. The lowest BCUT2D eigenvalue weighted by molar-refractivity contribution is 0.215. The Kier molecular flexibility index (Phi) is 3.32. The molecule has 3 N–H and O–H groups in total. The Hall–Kier alpha value is -1.71. The Balaban J connectivity index is 2.11. The number of halogens is 1. The van der Waals surface area contributed by atoms with Crippen molar-refractivity contribution in [3.63, 3.8) is 0 Å². The zero-order chi connectivity index (χ0) is 13.2. The topological polar surface area (TPSA) is 47.3 Å². The second-order valence-electron chi connectivity index (χ2n) is 4.52. The Morgan fingerprint density at radius 3 is 2.74 bits per heavy atom. The number of rotatable bonds is 2. The molecule has 19 heavy (non-hydrogen) atoms. The summed E-state index contributed by atoms with van der Waals surface area (Å²) >= 11 is 6.27. The van der Waals surface area contributed by atoms with Crippen LogP contribution in [0.4, 0.5) is 5.69 Å². The quantitative estimate of drug-likeness (QED) is 0.884. The van der Waals surface area contributed by atoms with Crippen LogP contribution in [-0.4, -0.2) is 19.2 Å². The SMILES string of the molecule is NC[C@H]1CNc2cccc(-c3ccccc3Cl)c2O1. The average Bonchev–Trinajstić information content (AvgIpc) is 2.47. The maximum atomic E-state index is 6.27. The Morgan fingerprint density at radius 2 is 1.95 bits per heavy atom.